The third kappa shape index (κ3) is 5.28. The van der Waals surface area contributed by atoms with Crippen LogP contribution in [0, 0.1) is 6.92 Å². The summed E-state index contributed by atoms with van der Waals surface area (Å²) in [6, 6.07) is 16.2. The van der Waals surface area contributed by atoms with Crippen LogP contribution in [0.5, 0.6) is 0 Å². The number of allylic oxidation sites excluding steroid dienone is 1. The van der Waals surface area contributed by atoms with Gasteiger partial charge < -0.3 is 5.32 Å². The van der Waals surface area contributed by atoms with Gasteiger partial charge in [0.1, 0.15) is 5.01 Å². The molecule has 36 heavy (non-hydrogen) atoms. The van der Waals surface area contributed by atoms with Gasteiger partial charge in [-0.25, -0.2) is 4.98 Å². The summed E-state index contributed by atoms with van der Waals surface area (Å²) in [6.45, 7) is 8.67. The molecule has 0 unspecified atom stereocenters. The first-order valence-corrected chi connectivity index (χ1v) is 14.2. The SMILES string of the molecule is C=CCn1c(SCC(=O)Nc2ccc(-c3nc4ccc(C)cc4s3)cc2)nnc1-c1csc(CC)c1. The molecule has 5 rings (SSSR count). The molecule has 0 spiro atoms. The number of thioether (sulfide) groups is 1. The largest absolute Gasteiger partial charge is 0.325 e. The standard InChI is InChI=1S/C27H25N5OS3/c1-4-12-32-25(19-14-21(5-2)34-15-19)30-31-27(32)35-16-24(33)28-20-9-7-18(8-10-20)26-29-22-11-6-17(3)13-23(22)36-26/h4,6-11,13-15H,1,5,12,16H2,2-3H3,(H,28,33). The Morgan fingerprint density at radius 1 is 1.14 bits per heavy atom. The molecule has 0 aliphatic carbocycles. The van der Waals surface area contributed by atoms with Gasteiger partial charge in [-0.05, 0) is 61.4 Å². The molecule has 0 radical (unpaired) electrons. The average Bonchev–Trinajstić information content (AvgIpc) is 3.61. The molecule has 0 aliphatic rings. The fourth-order valence-corrected chi connectivity index (χ4v) is 6.40. The monoisotopic (exact) mass is 531 g/mol. The first-order chi connectivity index (χ1) is 17.5. The van der Waals surface area contributed by atoms with Crippen molar-refractivity contribution in [3.05, 3.63) is 77.0 Å². The molecule has 1 amide bonds. The Hall–Kier alpha value is -3.27. The van der Waals surface area contributed by atoms with Crippen LogP contribution in [-0.4, -0.2) is 31.4 Å². The van der Waals surface area contributed by atoms with Gasteiger partial charge in [0.25, 0.3) is 0 Å². The van der Waals surface area contributed by atoms with E-state index in [-0.39, 0.29) is 11.7 Å². The molecule has 0 saturated heterocycles. The molecule has 1 N–H and O–H groups in total. The highest BCUT2D eigenvalue weighted by Crippen LogP contribution is 2.32. The van der Waals surface area contributed by atoms with Crippen LogP contribution in [0.2, 0.25) is 0 Å². The van der Waals surface area contributed by atoms with Gasteiger partial charge in [-0.2, -0.15) is 0 Å². The van der Waals surface area contributed by atoms with Gasteiger partial charge in [-0.15, -0.1) is 39.4 Å². The van der Waals surface area contributed by atoms with Crippen molar-refractivity contribution >= 4 is 56.2 Å². The van der Waals surface area contributed by atoms with E-state index in [0.29, 0.717) is 11.7 Å². The summed E-state index contributed by atoms with van der Waals surface area (Å²) in [5.41, 5.74) is 5.06. The van der Waals surface area contributed by atoms with Gasteiger partial charge in [-0.1, -0.05) is 30.8 Å². The Kier molecular flexibility index (Phi) is 7.31. The smallest absolute Gasteiger partial charge is 0.234 e. The van der Waals surface area contributed by atoms with Crippen molar-refractivity contribution in [2.45, 2.75) is 32.0 Å². The number of nitrogens with one attached hydrogen (secondary N) is 1. The van der Waals surface area contributed by atoms with E-state index in [9.17, 15) is 4.79 Å². The maximum absolute atomic E-state index is 12.7. The topological polar surface area (TPSA) is 72.7 Å². The number of rotatable bonds is 9. The number of hydrogen-bond acceptors (Lipinski definition) is 7. The van der Waals surface area contributed by atoms with Gasteiger partial charge in [0.2, 0.25) is 5.91 Å². The van der Waals surface area contributed by atoms with Gasteiger partial charge >= 0.3 is 0 Å². The normalized spacial score (nSPS) is 11.2. The molecule has 0 fully saturated rings. The minimum atomic E-state index is -0.0956. The molecule has 5 aromatic rings. The number of thiazole rings is 1. The van der Waals surface area contributed by atoms with E-state index in [0.717, 1.165) is 39.6 Å². The van der Waals surface area contributed by atoms with Crippen LogP contribution in [0.25, 0.3) is 32.2 Å². The lowest BCUT2D eigenvalue weighted by Gasteiger charge is -2.08. The second kappa shape index (κ2) is 10.8. The zero-order valence-electron chi connectivity index (χ0n) is 20.0. The number of hydrogen-bond donors (Lipinski definition) is 1. The highest BCUT2D eigenvalue weighted by molar-refractivity contribution is 7.99. The minimum absolute atomic E-state index is 0.0956. The quantitative estimate of drug-likeness (QED) is 0.163. The Morgan fingerprint density at radius 3 is 2.72 bits per heavy atom. The molecular formula is C27H25N5OS3. The lowest BCUT2D eigenvalue weighted by atomic mass is 10.2. The van der Waals surface area contributed by atoms with Crippen LogP contribution < -0.4 is 5.32 Å². The van der Waals surface area contributed by atoms with Crippen molar-refractivity contribution in [3.8, 4) is 22.0 Å². The van der Waals surface area contributed by atoms with Crippen molar-refractivity contribution in [2.75, 3.05) is 11.1 Å². The van der Waals surface area contributed by atoms with Crippen LogP contribution in [0.4, 0.5) is 5.69 Å². The lowest BCUT2D eigenvalue weighted by Crippen LogP contribution is -2.14. The van der Waals surface area contributed by atoms with Crippen LogP contribution in [0.1, 0.15) is 17.4 Å². The van der Waals surface area contributed by atoms with E-state index >= 15 is 0 Å². The molecule has 3 aromatic heterocycles. The molecule has 0 saturated carbocycles. The van der Waals surface area contributed by atoms with E-state index in [1.165, 1.54) is 26.9 Å². The number of benzene rings is 2. The third-order valence-corrected chi connectivity index (χ3v) is 8.70. The van der Waals surface area contributed by atoms with Crippen molar-refractivity contribution in [3.63, 3.8) is 0 Å². The highest BCUT2D eigenvalue weighted by atomic mass is 32.2. The van der Waals surface area contributed by atoms with Crippen molar-refractivity contribution in [1.82, 2.24) is 19.7 Å². The van der Waals surface area contributed by atoms with E-state index in [1.54, 1.807) is 22.7 Å². The van der Waals surface area contributed by atoms with Gasteiger partial charge in [0, 0.05) is 33.6 Å². The fourth-order valence-electron chi connectivity index (χ4n) is 3.76. The molecular weight excluding hydrogens is 507 g/mol. The summed E-state index contributed by atoms with van der Waals surface area (Å²) in [6.07, 6.45) is 2.81. The third-order valence-electron chi connectivity index (χ3n) is 5.58. The first kappa shape index (κ1) is 24.4. The predicted octanol–water partition coefficient (Wildman–Crippen LogP) is 7.07. The molecule has 0 atom stereocenters. The first-order valence-electron chi connectivity index (χ1n) is 11.6. The van der Waals surface area contributed by atoms with Crippen LogP contribution in [0.15, 0.2) is 71.7 Å². The summed E-state index contributed by atoms with van der Waals surface area (Å²) in [7, 11) is 0. The minimum Gasteiger partial charge on any atom is -0.325 e. The Bertz CT molecular complexity index is 1530. The summed E-state index contributed by atoms with van der Waals surface area (Å²) in [4.78, 5) is 18.7. The van der Waals surface area contributed by atoms with Crippen molar-refractivity contribution in [2.24, 2.45) is 0 Å². The second-order valence-electron chi connectivity index (χ2n) is 8.27. The van der Waals surface area contributed by atoms with Crippen LogP contribution in [-0.2, 0) is 17.8 Å². The number of carbonyl (C=O) groups excluding carboxylic acids is 1. The number of anilines is 1. The van der Waals surface area contributed by atoms with Crippen molar-refractivity contribution in [1.29, 1.82) is 0 Å². The Balaban J connectivity index is 1.23. The van der Waals surface area contributed by atoms with E-state index in [2.05, 4.69) is 65.6 Å². The van der Waals surface area contributed by atoms with E-state index in [1.807, 2.05) is 34.9 Å². The summed E-state index contributed by atoms with van der Waals surface area (Å²) in [5.74, 6) is 0.939. The van der Waals surface area contributed by atoms with Crippen LogP contribution >= 0.6 is 34.4 Å². The summed E-state index contributed by atoms with van der Waals surface area (Å²) >= 11 is 4.76. The lowest BCUT2D eigenvalue weighted by molar-refractivity contribution is -0.113. The molecule has 0 aliphatic heterocycles. The Labute approximate surface area is 222 Å². The number of carbonyl (C=O) groups is 1. The van der Waals surface area contributed by atoms with Gasteiger partial charge in [0.15, 0.2) is 11.0 Å². The zero-order chi connectivity index (χ0) is 25.1. The number of fused-ring (bicyclic) bond motifs is 1. The van der Waals surface area contributed by atoms with Crippen LogP contribution in [0.3, 0.4) is 0 Å². The number of aryl methyl sites for hydroxylation is 2. The number of amides is 1. The number of aromatic nitrogens is 4. The molecule has 0 bridgehead atoms. The summed E-state index contributed by atoms with van der Waals surface area (Å²) in [5, 5.41) is 15.5. The molecule has 6 nitrogen and oxygen atoms in total. The van der Waals surface area contributed by atoms with E-state index < -0.39 is 0 Å². The molecule has 9 heteroatoms. The predicted molar refractivity (Wildman–Crippen MR) is 152 cm³/mol. The number of nitrogens with zero attached hydrogens (tertiary/aromatic N) is 4. The molecule has 2 aromatic carbocycles. The average molecular weight is 532 g/mol. The highest BCUT2D eigenvalue weighted by Gasteiger charge is 2.16. The van der Waals surface area contributed by atoms with Crippen molar-refractivity contribution < 1.29 is 4.79 Å². The number of thiophene rings is 1. The summed E-state index contributed by atoms with van der Waals surface area (Å²) < 4.78 is 3.18. The fraction of sp³-hybridized carbons (Fsp3) is 0.185. The Morgan fingerprint density at radius 2 is 1.97 bits per heavy atom. The molecule has 182 valence electrons. The molecule has 3 heterocycles. The van der Waals surface area contributed by atoms with Gasteiger partial charge in [0.05, 0.1) is 16.0 Å². The maximum atomic E-state index is 12.7. The second-order valence-corrected chi connectivity index (χ2v) is 11.2. The van der Waals surface area contributed by atoms with Gasteiger partial charge in [-0.3, -0.25) is 9.36 Å². The zero-order valence-corrected chi connectivity index (χ0v) is 22.5. The van der Waals surface area contributed by atoms with E-state index in [4.69, 9.17) is 4.98 Å². The maximum Gasteiger partial charge on any atom is 0.234 e.